The van der Waals surface area contributed by atoms with Crippen LogP contribution in [0.4, 0.5) is 3.89 Å². The van der Waals surface area contributed by atoms with Crippen molar-refractivity contribution < 1.29 is 12.3 Å². The van der Waals surface area contributed by atoms with Crippen molar-refractivity contribution in [1.29, 1.82) is 0 Å². The molecule has 1 aromatic rings. The molecule has 0 radical (unpaired) electrons. The largest absolute Gasteiger partial charge is 0.302 e. The Morgan fingerprint density at radius 2 is 2.27 bits per heavy atom. The maximum Gasteiger partial charge on any atom is 0.302 e. The molecule has 0 saturated heterocycles. The molecule has 62 valence electrons. The fourth-order valence-electron chi connectivity index (χ4n) is 0.677. The van der Waals surface area contributed by atoms with Crippen LogP contribution in [0.3, 0.4) is 0 Å². The maximum atomic E-state index is 12.0. The second-order valence-corrected chi connectivity index (χ2v) is 4.59. The molecular formula is C6H7FO2S2. The Kier molecular flexibility index (Phi) is 2.62. The number of halogens is 1. The first-order valence-corrected chi connectivity index (χ1v) is 5.46. The smallest absolute Gasteiger partial charge is 0.195 e. The minimum absolute atomic E-state index is 0.274. The summed E-state index contributed by atoms with van der Waals surface area (Å²) in [5, 5.41) is 1.83. The highest BCUT2D eigenvalue weighted by molar-refractivity contribution is 7.86. The van der Waals surface area contributed by atoms with Gasteiger partial charge in [0.15, 0.2) is 0 Å². The summed E-state index contributed by atoms with van der Waals surface area (Å²) in [6, 6.07) is 3.60. The van der Waals surface area contributed by atoms with Crippen LogP contribution in [0.2, 0.25) is 0 Å². The first-order chi connectivity index (χ1) is 5.08. The molecule has 0 spiro atoms. The lowest BCUT2D eigenvalue weighted by Gasteiger charge is -1.90. The van der Waals surface area contributed by atoms with E-state index in [2.05, 4.69) is 0 Å². The van der Waals surface area contributed by atoms with Crippen molar-refractivity contribution >= 4 is 21.6 Å². The second kappa shape index (κ2) is 3.32. The fourth-order valence-corrected chi connectivity index (χ4v) is 1.98. The molecule has 0 aromatic carbocycles. The summed E-state index contributed by atoms with van der Waals surface area (Å²) in [5.74, 6) is -0.409. The number of hydrogen-bond acceptors (Lipinski definition) is 3. The summed E-state index contributed by atoms with van der Waals surface area (Å²) >= 11 is 1.43. The summed E-state index contributed by atoms with van der Waals surface area (Å²) in [7, 11) is -4.29. The summed E-state index contributed by atoms with van der Waals surface area (Å²) < 4.78 is 32.1. The van der Waals surface area contributed by atoms with Crippen molar-refractivity contribution in [3.63, 3.8) is 0 Å². The van der Waals surface area contributed by atoms with E-state index >= 15 is 0 Å². The van der Waals surface area contributed by atoms with Crippen LogP contribution in [0.25, 0.3) is 0 Å². The predicted molar refractivity (Wildman–Crippen MR) is 42.9 cm³/mol. The van der Waals surface area contributed by atoms with Gasteiger partial charge in [0.25, 0.3) is 0 Å². The van der Waals surface area contributed by atoms with E-state index < -0.39 is 16.0 Å². The molecule has 0 bridgehead atoms. The monoisotopic (exact) mass is 194 g/mol. The molecule has 0 aliphatic heterocycles. The van der Waals surface area contributed by atoms with E-state index in [4.69, 9.17) is 0 Å². The molecule has 0 saturated carbocycles. The van der Waals surface area contributed by atoms with Crippen LogP contribution in [0.1, 0.15) is 4.88 Å². The zero-order valence-electron chi connectivity index (χ0n) is 5.66. The Hall–Kier alpha value is -0.420. The molecule has 11 heavy (non-hydrogen) atoms. The Labute approximate surface area is 68.9 Å². The molecule has 1 heterocycles. The van der Waals surface area contributed by atoms with Crippen LogP contribution in [0, 0.1) is 0 Å². The first kappa shape index (κ1) is 8.67. The molecule has 0 aliphatic carbocycles. The molecule has 0 unspecified atom stereocenters. The van der Waals surface area contributed by atoms with Crippen LogP contribution in [-0.4, -0.2) is 14.2 Å². The quantitative estimate of drug-likeness (QED) is 0.685. The summed E-state index contributed by atoms with van der Waals surface area (Å²) in [4.78, 5) is 0.895. The van der Waals surface area contributed by atoms with E-state index in [-0.39, 0.29) is 6.42 Å². The third-order valence-corrected chi connectivity index (χ3v) is 2.80. The molecule has 0 N–H and O–H groups in total. The lowest BCUT2D eigenvalue weighted by Crippen LogP contribution is -2.00. The number of hydrogen-bond donors (Lipinski definition) is 0. The van der Waals surface area contributed by atoms with E-state index in [1.807, 2.05) is 11.4 Å². The van der Waals surface area contributed by atoms with Crippen molar-refractivity contribution in [3.8, 4) is 0 Å². The highest BCUT2D eigenvalue weighted by Crippen LogP contribution is 2.10. The highest BCUT2D eigenvalue weighted by Gasteiger charge is 2.06. The van der Waals surface area contributed by atoms with Gasteiger partial charge < -0.3 is 0 Å². The topological polar surface area (TPSA) is 34.1 Å². The van der Waals surface area contributed by atoms with Gasteiger partial charge in [0, 0.05) is 4.88 Å². The maximum absolute atomic E-state index is 12.0. The Bertz CT molecular complexity index is 301. The van der Waals surface area contributed by atoms with Gasteiger partial charge in [-0.15, -0.1) is 15.2 Å². The van der Waals surface area contributed by atoms with Crippen molar-refractivity contribution in [2.24, 2.45) is 0 Å². The lowest BCUT2D eigenvalue weighted by molar-refractivity contribution is 0.551. The molecule has 1 aromatic heterocycles. The summed E-state index contributed by atoms with van der Waals surface area (Å²) in [6.07, 6.45) is 0.274. The Morgan fingerprint density at radius 1 is 1.55 bits per heavy atom. The van der Waals surface area contributed by atoms with Crippen molar-refractivity contribution in [1.82, 2.24) is 0 Å². The lowest BCUT2D eigenvalue weighted by atomic mass is 10.4. The second-order valence-electron chi connectivity index (χ2n) is 2.07. The molecule has 2 nitrogen and oxygen atoms in total. The van der Waals surface area contributed by atoms with Gasteiger partial charge in [-0.2, -0.15) is 8.42 Å². The standard InChI is InChI=1S/C6H7FO2S2/c7-11(8,9)5-3-6-2-1-4-10-6/h1-2,4H,3,5H2. The summed E-state index contributed by atoms with van der Waals surface area (Å²) in [6.45, 7) is 0. The average molecular weight is 194 g/mol. The Balaban J connectivity index is 2.48. The molecule has 0 amide bonds. The van der Waals surface area contributed by atoms with Crippen LogP contribution in [-0.2, 0) is 16.6 Å². The number of aryl methyl sites for hydroxylation is 1. The minimum atomic E-state index is -4.29. The van der Waals surface area contributed by atoms with Crippen molar-refractivity contribution in [3.05, 3.63) is 22.4 Å². The van der Waals surface area contributed by atoms with E-state index in [1.165, 1.54) is 11.3 Å². The van der Waals surface area contributed by atoms with Gasteiger partial charge in [-0.1, -0.05) is 6.07 Å². The van der Waals surface area contributed by atoms with Crippen LogP contribution < -0.4 is 0 Å². The van der Waals surface area contributed by atoms with E-state index in [9.17, 15) is 12.3 Å². The fraction of sp³-hybridized carbons (Fsp3) is 0.333. The summed E-state index contributed by atoms with van der Waals surface area (Å²) in [5.41, 5.74) is 0. The molecule has 1 rings (SSSR count). The number of thiophene rings is 1. The Morgan fingerprint density at radius 3 is 2.73 bits per heavy atom. The van der Waals surface area contributed by atoms with Gasteiger partial charge >= 0.3 is 10.2 Å². The van der Waals surface area contributed by atoms with E-state index in [1.54, 1.807) is 6.07 Å². The molecule has 0 fully saturated rings. The van der Waals surface area contributed by atoms with Crippen LogP contribution in [0.5, 0.6) is 0 Å². The molecular weight excluding hydrogens is 187 g/mol. The van der Waals surface area contributed by atoms with Gasteiger partial charge in [-0.25, -0.2) is 0 Å². The van der Waals surface area contributed by atoms with Gasteiger partial charge in [0.2, 0.25) is 0 Å². The van der Waals surface area contributed by atoms with Crippen molar-refractivity contribution in [2.45, 2.75) is 6.42 Å². The third-order valence-electron chi connectivity index (χ3n) is 1.17. The van der Waals surface area contributed by atoms with Gasteiger partial charge in [0.1, 0.15) is 0 Å². The average Bonchev–Trinajstić information content (AvgIpc) is 2.32. The molecule has 5 heteroatoms. The zero-order valence-corrected chi connectivity index (χ0v) is 7.29. The van der Waals surface area contributed by atoms with Gasteiger partial charge in [-0.05, 0) is 17.9 Å². The molecule has 0 aliphatic rings. The van der Waals surface area contributed by atoms with Crippen LogP contribution >= 0.6 is 11.3 Å². The SMILES string of the molecule is O=S(=O)(F)CCc1cccs1. The third kappa shape index (κ3) is 3.48. The normalized spacial score (nSPS) is 11.7. The van der Waals surface area contributed by atoms with E-state index in [0.717, 1.165) is 4.88 Å². The number of rotatable bonds is 3. The minimum Gasteiger partial charge on any atom is -0.195 e. The first-order valence-electron chi connectivity index (χ1n) is 3.03. The van der Waals surface area contributed by atoms with Gasteiger partial charge in [0.05, 0.1) is 5.75 Å². The predicted octanol–water partition coefficient (Wildman–Crippen LogP) is 1.59. The van der Waals surface area contributed by atoms with Crippen molar-refractivity contribution in [2.75, 3.05) is 5.75 Å². The molecule has 0 atom stereocenters. The van der Waals surface area contributed by atoms with Crippen LogP contribution in [0.15, 0.2) is 17.5 Å². The zero-order chi connectivity index (χ0) is 8.32. The van der Waals surface area contributed by atoms with E-state index in [0.29, 0.717) is 0 Å². The highest BCUT2D eigenvalue weighted by atomic mass is 32.3. The van der Waals surface area contributed by atoms with Gasteiger partial charge in [-0.3, -0.25) is 0 Å².